The Kier molecular flexibility index (Phi) is 3.29. The van der Waals surface area contributed by atoms with Crippen molar-refractivity contribution < 1.29 is 5.11 Å². The molecule has 0 aliphatic carbocycles. The number of benzene rings is 2. The van der Waals surface area contributed by atoms with Crippen LogP contribution in [0.3, 0.4) is 0 Å². The van der Waals surface area contributed by atoms with E-state index in [1.54, 1.807) is 12.1 Å². The zero-order valence-electron chi connectivity index (χ0n) is 9.77. The molecule has 0 aliphatic rings. The Morgan fingerprint density at radius 3 is 2.53 bits per heavy atom. The van der Waals surface area contributed by atoms with Gasteiger partial charge in [0, 0.05) is 19.9 Å². The molecule has 4 heteroatoms. The molecular formula is C15H9Br2NO. The van der Waals surface area contributed by atoms with Crippen LogP contribution < -0.4 is 0 Å². The number of halogens is 2. The zero-order valence-corrected chi connectivity index (χ0v) is 12.9. The molecule has 0 atom stereocenters. The average Bonchev–Trinajstić information content (AvgIpc) is 2.39. The lowest BCUT2D eigenvalue weighted by atomic mass is 10.1. The van der Waals surface area contributed by atoms with Gasteiger partial charge in [0.05, 0.1) is 11.2 Å². The smallest absolute Gasteiger partial charge is 0.124 e. The molecule has 0 saturated heterocycles. The molecule has 2 aromatic carbocycles. The average molecular weight is 379 g/mol. The highest BCUT2D eigenvalue weighted by Crippen LogP contribution is 2.32. The highest BCUT2D eigenvalue weighted by Gasteiger charge is 2.08. The number of para-hydroxylation sites is 1. The predicted octanol–water partition coefficient (Wildman–Crippen LogP) is 5.13. The molecule has 3 aromatic rings. The molecule has 1 heterocycles. The number of phenols is 1. The number of pyridine rings is 1. The van der Waals surface area contributed by atoms with Crippen molar-refractivity contribution in [3.63, 3.8) is 0 Å². The first-order valence-corrected chi connectivity index (χ1v) is 7.28. The number of phenolic OH excluding ortho intramolecular Hbond substituents is 1. The highest BCUT2D eigenvalue weighted by molar-refractivity contribution is 9.11. The van der Waals surface area contributed by atoms with E-state index in [-0.39, 0.29) is 5.75 Å². The summed E-state index contributed by atoms with van der Waals surface area (Å²) in [5, 5.41) is 10.9. The van der Waals surface area contributed by atoms with E-state index < -0.39 is 0 Å². The fourth-order valence-corrected chi connectivity index (χ4v) is 3.34. The van der Waals surface area contributed by atoms with Gasteiger partial charge in [0.2, 0.25) is 0 Å². The van der Waals surface area contributed by atoms with E-state index in [9.17, 15) is 5.11 Å². The van der Waals surface area contributed by atoms with Crippen LogP contribution in [0.1, 0.15) is 0 Å². The maximum absolute atomic E-state index is 9.89. The first-order chi connectivity index (χ1) is 9.15. The number of fused-ring (bicyclic) bond motifs is 1. The molecule has 0 spiro atoms. The molecule has 0 saturated carbocycles. The van der Waals surface area contributed by atoms with Crippen LogP contribution in [0.25, 0.3) is 22.2 Å². The molecule has 3 rings (SSSR count). The van der Waals surface area contributed by atoms with Crippen molar-refractivity contribution >= 4 is 42.8 Å². The number of hydrogen-bond acceptors (Lipinski definition) is 2. The minimum absolute atomic E-state index is 0.239. The Bertz CT molecular complexity index is 771. The van der Waals surface area contributed by atoms with Gasteiger partial charge in [0.1, 0.15) is 5.75 Å². The van der Waals surface area contributed by atoms with Gasteiger partial charge in [0.25, 0.3) is 0 Å². The van der Waals surface area contributed by atoms with Crippen LogP contribution >= 0.6 is 31.9 Å². The second-order valence-electron chi connectivity index (χ2n) is 4.17. The highest BCUT2D eigenvalue weighted by atomic mass is 79.9. The molecule has 0 radical (unpaired) electrons. The Morgan fingerprint density at radius 1 is 0.947 bits per heavy atom. The van der Waals surface area contributed by atoms with Crippen LogP contribution in [0.15, 0.2) is 57.5 Å². The van der Waals surface area contributed by atoms with E-state index in [4.69, 9.17) is 0 Å². The molecule has 0 unspecified atom stereocenters. The van der Waals surface area contributed by atoms with Gasteiger partial charge in [-0.1, -0.05) is 34.1 Å². The third-order valence-electron chi connectivity index (χ3n) is 2.89. The van der Waals surface area contributed by atoms with Crippen LogP contribution in [-0.2, 0) is 0 Å². The van der Waals surface area contributed by atoms with Crippen LogP contribution in [0, 0.1) is 0 Å². The Balaban J connectivity index is 2.25. The number of rotatable bonds is 1. The molecule has 0 fully saturated rings. The SMILES string of the molecule is Oc1ccccc1-c1ccc2cc(Br)cc(Br)c2n1. The maximum Gasteiger partial charge on any atom is 0.124 e. The minimum atomic E-state index is 0.239. The molecule has 19 heavy (non-hydrogen) atoms. The summed E-state index contributed by atoms with van der Waals surface area (Å²) in [5.41, 5.74) is 2.37. The van der Waals surface area contributed by atoms with E-state index >= 15 is 0 Å². The van der Waals surface area contributed by atoms with Crippen LogP contribution in [-0.4, -0.2) is 10.1 Å². The number of aromatic hydroxyl groups is 1. The van der Waals surface area contributed by atoms with E-state index in [0.717, 1.165) is 31.1 Å². The topological polar surface area (TPSA) is 33.1 Å². The monoisotopic (exact) mass is 377 g/mol. The van der Waals surface area contributed by atoms with Crippen molar-refractivity contribution in [1.29, 1.82) is 0 Å². The lowest BCUT2D eigenvalue weighted by molar-refractivity contribution is 0.477. The summed E-state index contributed by atoms with van der Waals surface area (Å²) in [5.74, 6) is 0.239. The fourth-order valence-electron chi connectivity index (χ4n) is 2.00. The summed E-state index contributed by atoms with van der Waals surface area (Å²) in [4.78, 5) is 4.62. The predicted molar refractivity (Wildman–Crippen MR) is 84.2 cm³/mol. The van der Waals surface area contributed by atoms with E-state index in [2.05, 4.69) is 36.8 Å². The van der Waals surface area contributed by atoms with E-state index in [1.807, 2.05) is 36.4 Å². The van der Waals surface area contributed by atoms with Gasteiger partial charge in [-0.2, -0.15) is 0 Å². The van der Waals surface area contributed by atoms with E-state index in [1.165, 1.54) is 0 Å². The van der Waals surface area contributed by atoms with Gasteiger partial charge in [-0.05, 0) is 46.3 Å². The first kappa shape index (κ1) is 12.6. The van der Waals surface area contributed by atoms with Crippen molar-refractivity contribution in [2.45, 2.75) is 0 Å². The van der Waals surface area contributed by atoms with Crippen molar-refractivity contribution in [2.24, 2.45) is 0 Å². The number of nitrogens with zero attached hydrogens (tertiary/aromatic N) is 1. The molecule has 1 aromatic heterocycles. The van der Waals surface area contributed by atoms with Crippen LogP contribution in [0.4, 0.5) is 0 Å². The molecule has 0 bridgehead atoms. The normalized spacial score (nSPS) is 10.8. The van der Waals surface area contributed by atoms with Crippen molar-refractivity contribution in [1.82, 2.24) is 4.98 Å². The fraction of sp³-hybridized carbons (Fsp3) is 0. The maximum atomic E-state index is 9.89. The Morgan fingerprint density at radius 2 is 1.74 bits per heavy atom. The van der Waals surface area contributed by atoms with Crippen molar-refractivity contribution in [3.05, 3.63) is 57.5 Å². The van der Waals surface area contributed by atoms with Gasteiger partial charge >= 0.3 is 0 Å². The summed E-state index contributed by atoms with van der Waals surface area (Å²) in [6.45, 7) is 0. The molecule has 1 N–H and O–H groups in total. The summed E-state index contributed by atoms with van der Waals surface area (Å²) >= 11 is 6.98. The van der Waals surface area contributed by atoms with E-state index in [0.29, 0.717) is 0 Å². The largest absolute Gasteiger partial charge is 0.507 e. The Labute approximate surface area is 127 Å². The summed E-state index contributed by atoms with van der Waals surface area (Å²) < 4.78 is 1.93. The second kappa shape index (κ2) is 4.94. The summed E-state index contributed by atoms with van der Waals surface area (Å²) in [6.07, 6.45) is 0. The summed E-state index contributed by atoms with van der Waals surface area (Å²) in [6, 6.07) is 15.1. The quantitative estimate of drug-likeness (QED) is 0.636. The third kappa shape index (κ3) is 2.38. The van der Waals surface area contributed by atoms with Gasteiger partial charge in [-0.15, -0.1) is 0 Å². The van der Waals surface area contributed by atoms with Crippen molar-refractivity contribution in [2.75, 3.05) is 0 Å². The van der Waals surface area contributed by atoms with Crippen molar-refractivity contribution in [3.8, 4) is 17.0 Å². The lowest BCUT2D eigenvalue weighted by Crippen LogP contribution is -1.87. The molecule has 0 amide bonds. The standard InChI is InChI=1S/C15H9Br2NO/c16-10-7-9-5-6-13(18-15(9)12(17)8-10)11-3-1-2-4-14(11)19/h1-8,19H. The second-order valence-corrected chi connectivity index (χ2v) is 5.94. The van der Waals surface area contributed by atoms with Crippen LogP contribution in [0.5, 0.6) is 5.75 Å². The molecule has 2 nitrogen and oxygen atoms in total. The summed E-state index contributed by atoms with van der Waals surface area (Å²) in [7, 11) is 0. The minimum Gasteiger partial charge on any atom is -0.507 e. The first-order valence-electron chi connectivity index (χ1n) is 5.69. The molecule has 94 valence electrons. The number of aromatic nitrogens is 1. The third-order valence-corrected chi connectivity index (χ3v) is 3.95. The molecule has 0 aliphatic heterocycles. The van der Waals surface area contributed by atoms with Gasteiger partial charge in [-0.25, -0.2) is 4.98 Å². The zero-order chi connectivity index (χ0) is 13.4. The Hall–Kier alpha value is -1.39. The molecular weight excluding hydrogens is 370 g/mol. The number of hydrogen-bond donors (Lipinski definition) is 1. The van der Waals surface area contributed by atoms with Gasteiger partial charge < -0.3 is 5.11 Å². The lowest BCUT2D eigenvalue weighted by Gasteiger charge is -2.07. The van der Waals surface area contributed by atoms with Gasteiger partial charge in [0.15, 0.2) is 0 Å². The van der Waals surface area contributed by atoms with Crippen LogP contribution in [0.2, 0.25) is 0 Å². The van der Waals surface area contributed by atoms with Gasteiger partial charge in [-0.3, -0.25) is 0 Å².